The van der Waals surface area contributed by atoms with E-state index in [0.717, 1.165) is 29.2 Å². The molecular formula is C23H30ClN3OS. The molecule has 1 heterocycles. The summed E-state index contributed by atoms with van der Waals surface area (Å²) in [6, 6.07) is 12.5. The summed E-state index contributed by atoms with van der Waals surface area (Å²) in [5, 5.41) is 0.806. The monoisotopic (exact) mass is 431 g/mol. The van der Waals surface area contributed by atoms with Gasteiger partial charge in [-0.3, -0.25) is 9.69 Å². The van der Waals surface area contributed by atoms with Crippen LogP contribution in [0.25, 0.3) is 10.2 Å². The maximum absolute atomic E-state index is 13.2. The first-order chi connectivity index (χ1) is 13.3. The molecule has 0 saturated heterocycles. The molecule has 0 spiro atoms. The number of hydrogen-bond acceptors (Lipinski definition) is 4. The minimum atomic E-state index is 0. The Labute approximate surface area is 184 Å². The van der Waals surface area contributed by atoms with E-state index in [2.05, 4.69) is 64.0 Å². The van der Waals surface area contributed by atoms with Crippen molar-refractivity contribution in [3.05, 3.63) is 58.7 Å². The Hall–Kier alpha value is -1.95. The van der Waals surface area contributed by atoms with E-state index in [1.807, 2.05) is 17.0 Å². The van der Waals surface area contributed by atoms with Gasteiger partial charge in [-0.25, -0.2) is 4.98 Å². The smallest absolute Gasteiger partial charge is 0.233 e. The highest BCUT2D eigenvalue weighted by Gasteiger charge is 2.20. The second-order valence-corrected chi connectivity index (χ2v) is 8.77. The molecule has 29 heavy (non-hydrogen) atoms. The summed E-state index contributed by atoms with van der Waals surface area (Å²) in [6.45, 7) is 7.88. The number of aryl methyl sites for hydroxylation is 3. The third-order valence-corrected chi connectivity index (χ3v) is 6.00. The second kappa shape index (κ2) is 10.2. The average molecular weight is 432 g/mol. The summed E-state index contributed by atoms with van der Waals surface area (Å²) >= 11 is 1.62. The zero-order valence-electron chi connectivity index (χ0n) is 17.9. The SMILES string of the molecule is Cc1cccc(CC(=O)N(CCCN(C)C)c2nc3cc(C)cc(C)c3s2)c1.Cl. The largest absolute Gasteiger partial charge is 0.309 e. The van der Waals surface area contributed by atoms with Crippen molar-refractivity contribution in [1.29, 1.82) is 0 Å². The third-order valence-electron chi connectivity index (χ3n) is 4.77. The van der Waals surface area contributed by atoms with Crippen LogP contribution in [0.1, 0.15) is 28.7 Å². The fraction of sp³-hybridized carbons (Fsp3) is 0.391. The van der Waals surface area contributed by atoms with Crippen molar-refractivity contribution >= 4 is 45.0 Å². The lowest BCUT2D eigenvalue weighted by molar-refractivity contribution is -0.118. The molecule has 0 bridgehead atoms. The van der Waals surface area contributed by atoms with E-state index in [9.17, 15) is 4.79 Å². The molecule has 0 atom stereocenters. The molecule has 0 aliphatic rings. The van der Waals surface area contributed by atoms with Crippen LogP contribution in [0.2, 0.25) is 0 Å². The topological polar surface area (TPSA) is 36.4 Å². The van der Waals surface area contributed by atoms with Crippen LogP contribution in [0.4, 0.5) is 5.13 Å². The van der Waals surface area contributed by atoms with Gasteiger partial charge in [0.25, 0.3) is 0 Å². The van der Waals surface area contributed by atoms with Crippen LogP contribution in [-0.2, 0) is 11.2 Å². The average Bonchev–Trinajstić information content (AvgIpc) is 3.02. The van der Waals surface area contributed by atoms with Crippen molar-refractivity contribution in [3.63, 3.8) is 0 Å². The summed E-state index contributed by atoms with van der Waals surface area (Å²) in [5.41, 5.74) is 5.63. The molecule has 1 aromatic heterocycles. The van der Waals surface area contributed by atoms with E-state index in [4.69, 9.17) is 4.98 Å². The number of nitrogens with zero attached hydrogens (tertiary/aromatic N) is 3. The van der Waals surface area contributed by atoms with Gasteiger partial charge in [0.05, 0.1) is 16.6 Å². The minimum absolute atomic E-state index is 0. The van der Waals surface area contributed by atoms with E-state index >= 15 is 0 Å². The first-order valence-electron chi connectivity index (χ1n) is 9.72. The van der Waals surface area contributed by atoms with Crippen LogP contribution in [0.15, 0.2) is 36.4 Å². The highest BCUT2D eigenvalue weighted by molar-refractivity contribution is 7.22. The zero-order chi connectivity index (χ0) is 20.3. The lowest BCUT2D eigenvalue weighted by Gasteiger charge is -2.21. The Morgan fingerprint density at radius 1 is 1.03 bits per heavy atom. The number of fused-ring (bicyclic) bond motifs is 1. The molecule has 0 unspecified atom stereocenters. The molecule has 3 rings (SSSR count). The summed E-state index contributed by atoms with van der Waals surface area (Å²) in [6.07, 6.45) is 1.32. The number of carbonyl (C=O) groups excluding carboxylic acids is 1. The highest BCUT2D eigenvalue weighted by atomic mass is 35.5. The number of carbonyl (C=O) groups is 1. The lowest BCUT2D eigenvalue weighted by atomic mass is 10.1. The Bertz CT molecular complexity index is 983. The van der Waals surface area contributed by atoms with Gasteiger partial charge in [-0.1, -0.05) is 47.2 Å². The number of rotatable bonds is 7. The van der Waals surface area contributed by atoms with Crippen LogP contribution in [-0.4, -0.2) is 43.0 Å². The van der Waals surface area contributed by atoms with Crippen LogP contribution >= 0.6 is 23.7 Å². The number of amides is 1. The van der Waals surface area contributed by atoms with Crippen LogP contribution in [0, 0.1) is 20.8 Å². The van der Waals surface area contributed by atoms with Crippen LogP contribution in [0.3, 0.4) is 0 Å². The molecular weight excluding hydrogens is 402 g/mol. The van der Waals surface area contributed by atoms with Gasteiger partial charge in [0, 0.05) is 6.54 Å². The molecule has 3 aromatic rings. The van der Waals surface area contributed by atoms with E-state index in [-0.39, 0.29) is 18.3 Å². The van der Waals surface area contributed by atoms with Crippen molar-refractivity contribution in [2.24, 2.45) is 0 Å². The summed E-state index contributed by atoms with van der Waals surface area (Å²) < 4.78 is 1.17. The molecule has 0 saturated carbocycles. The van der Waals surface area contributed by atoms with E-state index in [1.54, 1.807) is 11.3 Å². The van der Waals surface area contributed by atoms with Crippen molar-refractivity contribution in [2.75, 3.05) is 32.1 Å². The van der Waals surface area contributed by atoms with Crippen molar-refractivity contribution < 1.29 is 4.79 Å². The Morgan fingerprint density at radius 2 is 1.79 bits per heavy atom. The number of anilines is 1. The van der Waals surface area contributed by atoms with Crippen LogP contribution in [0.5, 0.6) is 0 Å². The first kappa shape index (κ1) is 23.3. The predicted molar refractivity (Wildman–Crippen MR) is 127 cm³/mol. The molecule has 0 fully saturated rings. The lowest BCUT2D eigenvalue weighted by Crippen LogP contribution is -2.34. The Kier molecular flexibility index (Phi) is 8.20. The maximum Gasteiger partial charge on any atom is 0.233 e. The summed E-state index contributed by atoms with van der Waals surface area (Å²) in [7, 11) is 4.12. The molecule has 0 radical (unpaired) electrons. The highest BCUT2D eigenvalue weighted by Crippen LogP contribution is 2.32. The molecule has 2 aromatic carbocycles. The standard InChI is InChI=1S/C23H29N3OS.ClH/c1-16-8-6-9-19(13-16)15-21(27)26(11-7-10-25(4)5)23-24-20-14-17(2)12-18(3)22(20)28-23;/h6,8-9,12-14H,7,10-11,15H2,1-5H3;1H. The fourth-order valence-electron chi connectivity index (χ4n) is 3.44. The normalized spacial score (nSPS) is 11.0. The van der Waals surface area contributed by atoms with E-state index in [0.29, 0.717) is 13.0 Å². The molecule has 156 valence electrons. The molecule has 0 aliphatic heterocycles. The van der Waals surface area contributed by atoms with Gasteiger partial charge >= 0.3 is 0 Å². The van der Waals surface area contributed by atoms with E-state index < -0.39 is 0 Å². The maximum atomic E-state index is 13.2. The number of benzene rings is 2. The molecule has 6 heteroatoms. The van der Waals surface area contributed by atoms with Crippen molar-refractivity contribution in [3.8, 4) is 0 Å². The predicted octanol–water partition coefficient (Wildman–Crippen LogP) is 5.17. The van der Waals surface area contributed by atoms with Crippen molar-refractivity contribution in [2.45, 2.75) is 33.6 Å². The van der Waals surface area contributed by atoms with Gasteiger partial charge in [0.15, 0.2) is 5.13 Å². The van der Waals surface area contributed by atoms with Crippen LogP contribution < -0.4 is 4.90 Å². The number of aromatic nitrogens is 1. The number of halogens is 1. The van der Waals surface area contributed by atoms with Gasteiger partial charge in [-0.15, -0.1) is 12.4 Å². The van der Waals surface area contributed by atoms with E-state index in [1.165, 1.54) is 21.4 Å². The number of hydrogen-bond donors (Lipinski definition) is 0. The van der Waals surface area contributed by atoms with Gasteiger partial charge in [-0.2, -0.15) is 0 Å². The summed E-state index contributed by atoms with van der Waals surface area (Å²) in [4.78, 5) is 22.1. The second-order valence-electron chi connectivity index (χ2n) is 7.79. The molecule has 0 aliphatic carbocycles. The van der Waals surface area contributed by atoms with Gasteiger partial charge in [0.2, 0.25) is 5.91 Å². The summed E-state index contributed by atoms with van der Waals surface area (Å²) in [5.74, 6) is 0.109. The van der Waals surface area contributed by atoms with Gasteiger partial charge in [0.1, 0.15) is 0 Å². The quantitative estimate of drug-likeness (QED) is 0.517. The molecule has 4 nitrogen and oxygen atoms in total. The first-order valence-corrected chi connectivity index (χ1v) is 10.5. The Morgan fingerprint density at radius 3 is 2.48 bits per heavy atom. The molecule has 0 N–H and O–H groups in total. The third kappa shape index (κ3) is 6.01. The fourth-order valence-corrected chi connectivity index (χ4v) is 4.50. The van der Waals surface area contributed by atoms with Gasteiger partial charge in [-0.05, 0) is 70.6 Å². The minimum Gasteiger partial charge on any atom is -0.309 e. The Balaban J connectivity index is 0.00000300. The number of thiazole rings is 1. The molecule has 1 amide bonds. The van der Waals surface area contributed by atoms with Crippen molar-refractivity contribution in [1.82, 2.24) is 9.88 Å². The van der Waals surface area contributed by atoms with Gasteiger partial charge < -0.3 is 4.90 Å². The zero-order valence-corrected chi connectivity index (χ0v) is 19.5.